The van der Waals surface area contributed by atoms with Gasteiger partial charge in [0, 0.05) is 17.7 Å². The summed E-state index contributed by atoms with van der Waals surface area (Å²) in [6.45, 7) is 9.32. The van der Waals surface area contributed by atoms with E-state index >= 15 is 0 Å². The summed E-state index contributed by atoms with van der Waals surface area (Å²) >= 11 is 0. The number of phenols is 1. The van der Waals surface area contributed by atoms with Crippen LogP contribution >= 0.6 is 0 Å². The average Bonchev–Trinajstić information content (AvgIpc) is 3.15. The predicted molar refractivity (Wildman–Crippen MR) is 155 cm³/mol. The number of unbranched alkanes of at least 4 members (excludes halogenated alkanes) is 2. The number of carbonyl (C=O) groups is 1. The first kappa shape index (κ1) is 32.2. The van der Waals surface area contributed by atoms with Crippen molar-refractivity contribution in [1.29, 1.82) is 0 Å². The van der Waals surface area contributed by atoms with Crippen LogP contribution in [0.4, 0.5) is 19.4 Å². The quantitative estimate of drug-likeness (QED) is 0.141. The van der Waals surface area contributed by atoms with Gasteiger partial charge in [-0.2, -0.15) is 13.8 Å². The van der Waals surface area contributed by atoms with E-state index in [2.05, 4.69) is 18.5 Å². The summed E-state index contributed by atoms with van der Waals surface area (Å²) in [5.74, 6) is -4.34. The first-order valence-corrected chi connectivity index (χ1v) is 14.4. The molecule has 1 aliphatic heterocycles. The van der Waals surface area contributed by atoms with Gasteiger partial charge in [0.05, 0.1) is 0 Å². The Kier molecular flexibility index (Phi) is 9.91. The molecule has 0 saturated carbocycles. The highest BCUT2D eigenvalue weighted by Gasteiger charge is 2.60. The van der Waals surface area contributed by atoms with E-state index in [4.69, 9.17) is 19.9 Å². The van der Waals surface area contributed by atoms with Gasteiger partial charge in [0.2, 0.25) is 6.23 Å². The molecule has 3 unspecified atom stereocenters. The lowest BCUT2D eigenvalue weighted by molar-refractivity contribution is -0.141. The summed E-state index contributed by atoms with van der Waals surface area (Å²) in [5.41, 5.74) is 7.56. The number of aliphatic hydroxyl groups excluding tert-OH is 1. The van der Waals surface area contributed by atoms with Crippen molar-refractivity contribution in [2.45, 2.75) is 89.6 Å². The van der Waals surface area contributed by atoms with Crippen LogP contribution in [0, 0.1) is 5.92 Å². The molecule has 12 heteroatoms. The van der Waals surface area contributed by atoms with Crippen LogP contribution in [0.2, 0.25) is 0 Å². The minimum absolute atomic E-state index is 0.00801. The third-order valence-electron chi connectivity index (χ3n) is 8.00. The number of aryl methyl sites for hydroxylation is 1. The van der Waals surface area contributed by atoms with Crippen LogP contribution in [0.5, 0.6) is 11.5 Å². The van der Waals surface area contributed by atoms with Crippen LogP contribution < -0.4 is 16.2 Å². The molecule has 234 valence electrons. The number of aromatic nitrogens is 2. The molecule has 1 saturated heterocycles. The standard InChI is InChI=1S/C31H39F2N3O7/c1-5-6-7-8-19-14-22(37)26(21-13-18(4)9-10-20(21)17(2)3)23(15-19)43-30(40)41-16-24-27(38)31(32,33)28(42-24)36-12-11-25(34)35-29(36)39/h11-15,20-21,24,27-28,37-38H,2,5-10,16H2,1,3-4H3,(H2,34,35,39)/t20?,21?,24-,27?,28-/m1/s1. The Bertz CT molecular complexity index is 1440. The molecule has 10 nitrogen and oxygen atoms in total. The highest BCUT2D eigenvalue weighted by Crippen LogP contribution is 2.47. The van der Waals surface area contributed by atoms with Crippen molar-refractivity contribution in [2.24, 2.45) is 5.92 Å². The van der Waals surface area contributed by atoms with Gasteiger partial charge in [0.25, 0.3) is 0 Å². The Labute approximate surface area is 248 Å². The second kappa shape index (κ2) is 13.3. The van der Waals surface area contributed by atoms with E-state index < -0.39 is 42.8 Å². The number of benzene rings is 1. The van der Waals surface area contributed by atoms with Crippen molar-refractivity contribution < 1.29 is 38.0 Å². The van der Waals surface area contributed by atoms with Crippen molar-refractivity contribution in [3.63, 3.8) is 0 Å². The third-order valence-corrected chi connectivity index (χ3v) is 8.00. The number of aromatic hydroxyl groups is 1. The molecule has 2 heterocycles. The van der Waals surface area contributed by atoms with Crippen LogP contribution in [0.15, 0.2) is 53.0 Å². The molecule has 2 aromatic rings. The zero-order valence-corrected chi connectivity index (χ0v) is 24.6. The molecule has 0 amide bonds. The number of rotatable bonds is 10. The number of aliphatic hydroxyl groups is 1. The van der Waals surface area contributed by atoms with Gasteiger partial charge in [0.15, 0.2) is 6.10 Å². The Morgan fingerprint density at radius 2 is 2.07 bits per heavy atom. The van der Waals surface area contributed by atoms with Crippen LogP contribution in [-0.4, -0.2) is 50.7 Å². The summed E-state index contributed by atoms with van der Waals surface area (Å²) in [4.78, 5) is 28.5. The summed E-state index contributed by atoms with van der Waals surface area (Å²) in [7, 11) is 0. The van der Waals surface area contributed by atoms with E-state index in [1.807, 2.05) is 19.9 Å². The van der Waals surface area contributed by atoms with Crippen molar-refractivity contribution in [2.75, 3.05) is 12.3 Å². The SMILES string of the molecule is C=C(C)C1CCC(C)=CC1c1c(O)cc(CCCCC)cc1OC(=O)OC[C@H]1O[C@@H](n2ccc(N)nc2=O)C(F)(F)C1O. The van der Waals surface area contributed by atoms with Gasteiger partial charge < -0.3 is 30.2 Å². The fourth-order valence-electron chi connectivity index (χ4n) is 5.70. The Balaban J connectivity index is 1.56. The molecule has 0 spiro atoms. The minimum Gasteiger partial charge on any atom is -0.507 e. The lowest BCUT2D eigenvalue weighted by Crippen LogP contribution is -2.42. The molecular formula is C31H39F2N3O7. The number of carbonyl (C=O) groups excluding carboxylic acids is 1. The molecule has 0 bridgehead atoms. The van der Waals surface area contributed by atoms with Gasteiger partial charge in [-0.25, -0.2) is 9.59 Å². The van der Waals surface area contributed by atoms with Gasteiger partial charge >= 0.3 is 17.8 Å². The Morgan fingerprint density at radius 1 is 1.33 bits per heavy atom. The summed E-state index contributed by atoms with van der Waals surface area (Å²) in [5, 5.41) is 21.5. The number of ether oxygens (including phenoxy) is 3. The smallest absolute Gasteiger partial charge is 0.507 e. The molecule has 2 aliphatic rings. The first-order valence-electron chi connectivity index (χ1n) is 14.4. The maximum Gasteiger partial charge on any atom is 0.513 e. The van der Waals surface area contributed by atoms with Gasteiger partial charge in [-0.05, 0) is 69.2 Å². The number of hydrogen-bond donors (Lipinski definition) is 3. The highest BCUT2D eigenvalue weighted by molar-refractivity contribution is 5.66. The van der Waals surface area contributed by atoms with Gasteiger partial charge in [0.1, 0.15) is 30.0 Å². The molecule has 43 heavy (non-hydrogen) atoms. The maximum atomic E-state index is 14.9. The number of hydrogen-bond acceptors (Lipinski definition) is 9. The van der Waals surface area contributed by atoms with Crippen molar-refractivity contribution in [3.8, 4) is 11.5 Å². The van der Waals surface area contributed by atoms with E-state index in [0.29, 0.717) is 16.6 Å². The summed E-state index contributed by atoms with van der Waals surface area (Å²) in [6, 6.07) is 4.50. The minimum atomic E-state index is -3.91. The Morgan fingerprint density at radius 3 is 2.74 bits per heavy atom. The molecule has 0 radical (unpaired) electrons. The van der Waals surface area contributed by atoms with E-state index in [9.17, 15) is 28.6 Å². The van der Waals surface area contributed by atoms with Gasteiger partial charge in [-0.1, -0.05) is 43.6 Å². The maximum absolute atomic E-state index is 14.9. The lowest BCUT2D eigenvalue weighted by Gasteiger charge is -2.32. The summed E-state index contributed by atoms with van der Waals surface area (Å²) in [6.07, 6.45) is 0.689. The predicted octanol–water partition coefficient (Wildman–Crippen LogP) is 5.39. The largest absolute Gasteiger partial charge is 0.513 e. The van der Waals surface area contributed by atoms with Crippen molar-refractivity contribution >= 4 is 12.0 Å². The number of nitrogen functional groups attached to an aromatic ring is 1. The highest BCUT2D eigenvalue weighted by atomic mass is 19.3. The molecule has 5 atom stereocenters. The number of anilines is 1. The van der Waals surface area contributed by atoms with Crippen LogP contribution in [0.3, 0.4) is 0 Å². The normalized spacial score (nSPS) is 24.8. The Hall–Kier alpha value is -3.77. The van der Waals surface area contributed by atoms with Crippen LogP contribution in [0.25, 0.3) is 0 Å². The lowest BCUT2D eigenvalue weighted by atomic mass is 9.73. The number of halogens is 2. The van der Waals surface area contributed by atoms with Crippen molar-refractivity contribution in [3.05, 3.63) is 69.8 Å². The third kappa shape index (κ3) is 7.07. The van der Waals surface area contributed by atoms with E-state index in [1.165, 1.54) is 0 Å². The van der Waals surface area contributed by atoms with E-state index in [-0.39, 0.29) is 29.2 Å². The number of allylic oxidation sites excluding steroid dienone is 3. The molecule has 1 aromatic heterocycles. The van der Waals surface area contributed by atoms with Crippen LogP contribution in [-0.2, 0) is 15.9 Å². The van der Waals surface area contributed by atoms with E-state index in [0.717, 1.165) is 61.1 Å². The van der Waals surface area contributed by atoms with Crippen LogP contribution in [0.1, 0.15) is 76.1 Å². The first-order chi connectivity index (χ1) is 20.3. The number of nitrogens with two attached hydrogens (primary N) is 1. The molecule has 4 N–H and O–H groups in total. The van der Waals surface area contributed by atoms with E-state index in [1.54, 1.807) is 12.1 Å². The molecule has 4 rings (SSSR count). The molecule has 1 aromatic carbocycles. The fourth-order valence-corrected chi connectivity index (χ4v) is 5.70. The molecule has 1 fully saturated rings. The monoisotopic (exact) mass is 603 g/mol. The zero-order chi connectivity index (χ0) is 31.5. The summed E-state index contributed by atoms with van der Waals surface area (Å²) < 4.78 is 46.3. The fraction of sp³-hybridized carbons (Fsp3) is 0.516. The second-order valence-corrected chi connectivity index (χ2v) is 11.4. The number of alkyl halides is 2. The van der Waals surface area contributed by atoms with Gasteiger partial charge in [-0.3, -0.25) is 4.57 Å². The van der Waals surface area contributed by atoms with Crippen molar-refractivity contribution in [1.82, 2.24) is 9.55 Å². The average molecular weight is 604 g/mol. The molecule has 1 aliphatic carbocycles. The number of phenolic OH excluding ortho intramolecular Hbond substituents is 1. The molecular weight excluding hydrogens is 564 g/mol. The number of nitrogens with zero attached hydrogens (tertiary/aromatic N) is 2. The van der Waals surface area contributed by atoms with Gasteiger partial charge in [-0.15, -0.1) is 0 Å². The second-order valence-electron chi connectivity index (χ2n) is 11.4. The topological polar surface area (TPSA) is 146 Å². The zero-order valence-electron chi connectivity index (χ0n) is 24.6.